The fourth-order valence-electron chi connectivity index (χ4n) is 2.29. The van der Waals surface area contributed by atoms with E-state index in [9.17, 15) is 4.79 Å². The van der Waals surface area contributed by atoms with Crippen molar-refractivity contribution in [1.82, 2.24) is 14.8 Å². The smallest absolute Gasteiger partial charge is 0.268 e. The Morgan fingerprint density at radius 3 is 2.57 bits per heavy atom. The lowest BCUT2D eigenvalue weighted by molar-refractivity contribution is 0.0943. The van der Waals surface area contributed by atoms with Gasteiger partial charge in [-0.25, -0.2) is 0 Å². The summed E-state index contributed by atoms with van der Waals surface area (Å²) >= 11 is 11.9. The predicted molar refractivity (Wildman–Crippen MR) is 95.1 cm³/mol. The number of hydrogen-bond acceptors (Lipinski definition) is 2. The number of amides is 1. The molecule has 0 radical (unpaired) electrons. The monoisotopic (exact) mass is 353 g/mol. The van der Waals surface area contributed by atoms with Crippen molar-refractivity contribution in [2.24, 2.45) is 7.05 Å². The van der Waals surface area contributed by atoms with E-state index < -0.39 is 0 Å². The molecule has 0 aliphatic heterocycles. The maximum Gasteiger partial charge on any atom is 0.268 e. The van der Waals surface area contributed by atoms with Gasteiger partial charge in [-0.3, -0.25) is 4.79 Å². The second-order valence-corrected chi connectivity index (χ2v) is 6.33. The summed E-state index contributed by atoms with van der Waals surface area (Å²) < 4.78 is 1.58. The summed E-state index contributed by atoms with van der Waals surface area (Å²) in [6.45, 7) is 4.47. The lowest BCUT2D eigenvalue weighted by Gasteiger charge is -2.14. The first-order valence-electron chi connectivity index (χ1n) is 7.47. The number of nitrogens with zero attached hydrogens (tertiary/aromatic N) is 2. The Morgan fingerprint density at radius 2 is 1.96 bits per heavy atom. The highest BCUT2D eigenvalue weighted by Crippen LogP contribution is 2.25. The molecule has 0 unspecified atom stereocenters. The fraction of sp³-hybridized carbons (Fsp3) is 0.353. The molecule has 0 bridgehead atoms. The van der Waals surface area contributed by atoms with E-state index in [1.165, 1.54) is 5.56 Å². The van der Waals surface area contributed by atoms with Gasteiger partial charge in [0.2, 0.25) is 0 Å². The van der Waals surface area contributed by atoms with Crippen LogP contribution in [-0.4, -0.2) is 29.0 Å². The molecule has 1 N–H and O–H groups in total. The van der Waals surface area contributed by atoms with Crippen molar-refractivity contribution in [3.63, 3.8) is 0 Å². The predicted octanol–water partition coefficient (Wildman–Crippen LogP) is 3.71. The van der Waals surface area contributed by atoms with E-state index in [1.807, 2.05) is 12.1 Å². The molecule has 1 amide bonds. The van der Waals surface area contributed by atoms with E-state index in [1.54, 1.807) is 17.7 Å². The third-order valence-corrected chi connectivity index (χ3v) is 4.63. The number of carbonyl (C=O) groups excluding carboxylic acids is 1. The molecule has 1 aromatic carbocycles. The normalized spacial score (nSPS) is 11.0. The molecule has 6 heteroatoms. The molecule has 0 fully saturated rings. The van der Waals surface area contributed by atoms with Gasteiger partial charge < -0.3 is 14.8 Å². The third-order valence-electron chi connectivity index (χ3n) is 3.79. The zero-order valence-corrected chi connectivity index (χ0v) is 15.1. The number of carbonyl (C=O) groups is 1. The number of halogens is 2. The minimum atomic E-state index is -0.197. The number of hydrogen-bond donors (Lipinski definition) is 1. The van der Waals surface area contributed by atoms with Gasteiger partial charge in [0.05, 0.1) is 5.02 Å². The van der Waals surface area contributed by atoms with Gasteiger partial charge in [-0.2, -0.15) is 0 Å². The zero-order valence-electron chi connectivity index (χ0n) is 13.6. The summed E-state index contributed by atoms with van der Waals surface area (Å²) in [6, 6.07) is 9.79. The second-order valence-electron chi connectivity index (χ2n) is 5.56. The topological polar surface area (TPSA) is 37.3 Å². The minimum Gasteiger partial charge on any atom is -0.347 e. The highest BCUT2D eigenvalue weighted by Gasteiger charge is 2.15. The Bertz CT molecular complexity index is 697. The van der Waals surface area contributed by atoms with E-state index in [4.69, 9.17) is 23.2 Å². The van der Waals surface area contributed by atoms with Crippen LogP contribution in [-0.2, 0) is 20.1 Å². The molecule has 0 aliphatic rings. The van der Waals surface area contributed by atoms with Crippen LogP contribution in [0.4, 0.5) is 0 Å². The molecule has 0 saturated heterocycles. The van der Waals surface area contributed by atoms with E-state index in [0.29, 0.717) is 22.4 Å². The Kier molecular flexibility index (Phi) is 6.10. The van der Waals surface area contributed by atoms with Gasteiger partial charge in [-0.05, 0) is 30.8 Å². The number of benzene rings is 1. The maximum absolute atomic E-state index is 12.3. The molecule has 0 spiro atoms. The number of rotatable bonds is 6. The molecule has 2 rings (SSSR count). The summed E-state index contributed by atoms with van der Waals surface area (Å²) in [5, 5.41) is 3.64. The summed E-state index contributed by atoms with van der Waals surface area (Å²) in [4.78, 5) is 14.5. The minimum absolute atomic E-state index is 0.197. The Labute approximate surface area is 147 Å². The molecule has 0 atom stereocenters. The summed E-state index contributed by atoms with van der Waals surface area (Å²) in [7, 11) is 3.79. The van der Waals surface area contributed by atoms with E-state index >= 15 is 0 Å². The molecule has 0 aliphatic carbocycles. The standard InChI is InChI=1S/C17H21Cl2N3O/c1-4-21(2)11-13-7-5-6-12(8-13)10-20-17(23)15-9-14(18)16(19)22(15)3/h5-9H,4,10-11H2,1-3H3,(H,20,23). The first-order chi connectivity index (χ1) is 10.9. The van der Waals surface area contributed by atoms with Crippen molar-refractivity contribution in [3.8, 4) is 0 Å². The second kappa shape index (κ2) is 7.86. The van der Waals surface area contributed by atoms with Gasteiger partial charge >= 0.3 is 0 Å². The van der Waals surface area contributed by atoms with Crippen LogP contribution in [0.3, 0.4) is 0 Å². The summed E-state index contributed by atoms with van der Waals surface area (Å²) in [5.41, 5.74) is 2.74. The highest BCUT2D eigenvalue weighted by molar-refractivity contribution is 6.41. The molecule has 1 heterocycles. The lowest BCUT2D eigenvalue weighted by atomic mass is 10.1. The molecule has 124 valence electrons. The van der Waals surface area contributed by atoms with Gasteiger partial charge in [0.15, 0.2) is 0 Å². The lowest BCUT2D eigenvalue weighted by Crippen LogP contribution is -2.25. The van der Waals surface area contributed by atoms with Gasteiger partial charge in [0.1, 0.15) is 10.8 Å². The van der Waals surface area contributed by atoms with Crippen LogP contribution in [0, 0.1) is 0 Å². The quantitative estimate of drug-likeness (QED) is 0.859. The number of nitrogens with one attached hydrogen (secondary N) is 1. The molecule has 0 saturated carbocycles. The van der Waals surface area contributed by atoms with Gasteiger partial charge in [-0.1, -0.05) is 54.4 Å². The van der Waals surface area contributed by atoms with Crippen LogP contribution in [0.1, 0.15) is 28.5 Å². The highest BCUT2D eigenvalue weighted by atomic mass is 35.5. The summed E-state index contributed by atoms with van der Waals surface area (Å²) in [6.07, 6.45) is 0. The fourth-order valence-corrected chi connectivity index (χ4v) is 2.67. The van der Waals surface area contributed by atoms with Crippen molar-refractivity contribution in [1.29, 1.82) is 0 Å². The molecular formula is C17H21Cl2N3O. The van der Waals surface area contributed by atoms with Crippen LogP contribution < -0.4 is 5.32 Å². The van der Waals surface area contributed by atoms with Gasteiger partial charge in [-0.15, -0.1) is 0 Å². The molecule has 1 aromatic heterocycles. The van der Waals surface area contributed by atoms with E-state index in [-0.39, 0.29) is 5.91 Å². The Morgan fingerprint density at radius 1 is 1.26 bits per heavy atom. The van der Waals surface area contributed by atoms with Crippen molar-refractivity contribution in [2.45, 2.75) is 20.0 Å². The van der Waals surface area contributed by atoms with Gasteiger partial charge in [0, 0.05) is 20.1 Å². The first-order valence-corrected chi connectivity index (χ1v) is 8.23. The summed E-state index contributed by atoms with van der Waals surface area (Å²) in [5.74, 6) is -0.197. The van der Waals surface area contributed by atoms with Gasteiger partial charge in [0.25, 0.3) is 5.91 Å². The zero-order chi connectivity index (χ0) is 17.0. The SMILES string of the molecule is CCN(C)Cc1cccc(CNC(=O)c2cc(Cl)c(Cl)n2C)c1. The first kappa shape index (κ1) is 17.9. The van der Waals surface area contributed by atoms with Crippen LogP contribution in [0.5, 0.6) is 0 Å². The van der Waals surface area contributed by atoms with Crippen LogP contribution >= 0.6 is 23.2 Å². The molecular weight excluding hydrogens is 333 g/mol. The van der Waals surface area contributed by atoms with Crippen molar-refractivity contribution >= 4 is 29.1 Å². The maximum atomic E-state index is 12.3. The Balaban J connectivity index is 2.01. The van der Waals surface area contributed by atoms with Crippen molar-refractivity contribution in [3.05, 3.63) is 57.3 Å². The number of aromatic nitrogens is 1. The van der Waals surface area contributed by atoms with E-state index in [0.717, 1.165) is 18.7 Å². The average Bonchev–Trinajstić information content (AvgIpc) is 2.80. The van der Waals surface area contributed by atoms with Crippen molar-refractivity contribution < 1.29 is 4.79 Å². The third kappa shape index (κ3) is 4.50. The average molecular weight is 354 g/mol. The molecule has 4 nitrogen and oxygen atoms in total. The van der Waals surface area contributed by atoms with Crippen LogP contribution in [0.15, 0.2) is 30.3 Å². The Hall–Kier alpha value is -1.49. The molecule has 23 heavy (non-hydrogen) atoms. The largest absolute Gasteiger partial charge is 0.347 e. The van der Waals surface area contributed by atoms with Crippen LogP contribution in [0.25, 0.3) is 0 Å². The van der Waals surface area contributed by atoms with Crippen LogP contribution in [0.2, 0.25) is 10.2 Å². The molecule has 2 aromatic rings. The van der Waals surface area contributed by atoms with E-state index in [2.05, 4.69) is 36.3 Å². The van der Waals surface area contributed by atoms with Crippen molar-refractivity contribution in [2.75, 3.05) is 13.6 Å².